The zero-order valence-corrected chi connectivity index (χ0v) is 18.6. The highest BCUT2D eigenvalue weighted by molar-refractivity contribution is 5.22. The molecule has 1 heteroatoms. The van der Waals surface area contributed by atoms with Crippen molar-refractivity contribution in [2.75, 3.05) is 0 Å². The molecule has 1 aromatic carbocycles. The van der Waals surface area contributed by atoms with Gasteiger partial charge in [0.25, 0.3) is 0 Å². The van der Waals surface area contributed by atoms with Crippen LogP contribution in [0.5, 0.6) is 0 Å². The Balaban J connectivity index is 1.27. The van der Waals surface area contributed by atoms with Crippen LogP contribution in [0.25, 0.3) is 0 Å². The number of benzene rings is 1. The van der Waals surface area contributed by atoms with Gasteiger partial charge in [-0.1, -0.05) is 69.4 Å². The van der Waals surface area contributed by atoms with Gasteiger partial charge < -0.3 is 0 Å². The van der Waals surface area contributed by atoms with Gasteiger partial charge in [0.2, 0.25) is 0 Å². The van der Waals surface area contributed by atoms with Crippen LogP contribution < -0.4 is 0 Å². The Hall–Kier alpha value is -1.55. The molecule has 2 fully saturated rings. The van der Waals surface area contributed by atoms with E-state index >= 15 is 0 Å². The van der Waals surface area contributed by atoms with Gasteiger partial charge in [0.1, 0.15) is 0 Å². The van der Waals surface area contributed by atoms with Gasteiger partial charge in [-0.15, -0.1) is 0 Å². The molecular weight excluding hydrogens is 350 g/mol. The predicted molar refractivity (Wildman–Crippen MR) is 124 cm³/mol. The molecule has 158 valence electrons. The molecule has 0 amide bonds. The Kier molecular flexibility index (Phi) is 9.33. The van der Waals surface area contributed by atoms with Crippen LogP contribution in [0, 0.1) is 35.0 Å². The number of aryl methyl sites for hydroxylation is 2. The van der Waals surface area contributed by atoms with Crippen molar-refractivity contribution < 1.29 is 0 Å². The standard InChI is InChI=1S/C28H41N/c1-2-6-23-10-12-24(13-11-23)7-3-4-8-25-14-18-27(19-15-25)28-20-16-26(17-21-28)9-5-22-29/h5,9-13,25-28H,2-4,6-8,14-21H2,1H3. The van der Waals surface area contributed by atoms with Gasteiger partial charge in [-0.25, -0.2) is 0 Å². The molecule has 0 unspecified atom stereocenters. The Labute approximate surface area is 179 Å². The average Bonchev–Trinajstić information content (AvgIpc) is 2.77. The van der Waals surface area contributed by atoms with Crippen LogP contribution in [0.15, 0.2) is 36.4 Å². The van der Waals surface area contributed by atoms with Crippen LogP contribution in [0.3, 0.4) is 0 Å². The molecule has 2 aliphatic rings. The van der Waals surface area contributed by atoms with E-state index in [-0.39, 0.29) is 0 Å². The third-order valence-corrected chi connectivity index (χ3v) is 7.71. The smallest absolute Gasteiger partial charge is 0.0908 e. The van der Waals surface area contributed by atoms with Gasteiger partial charge in [-0.2, -0.15) is 5.26 Å². The summed E-state index contributed by atoms with van der Waals surface area (Å²) in [5, 5.41) is 8.70. The third-order valence-electron chi connectivity index (χ3n) is 7.71. The third kappa shape index (κ3) is 7.33. The van der Waals surface area contributed by atoms with Crippen LogP contribution in [0.2, 0.25) is 0 Å². The molecule has 0 spiro atoms. The minimum Gasteiger partial charge on any atom is -0.193 e. The van der Waals surface area contributed by atoms with Crippen molar-refractivity contribution in [1.82, 2.24) is 0 Å². The fraction of sp³-hybridized carbons (Fsp3) is 0.679. The van der Waals surface area contributed by atoms with Gasteiger partial charge >= 0.3 is 0 Å². The Morgan fingerprint density at radius 3 is 2.00 bits per heavy atom. The molecule has 0 aromatic heterocycles. The first-order chi connectivity index (χ1) is 14.3. The number of nitrogens with zero attached hydrogens (tertiary/aromatic N) is 1. The summed E-state index contributed by atoms with van der Waals surface area (Å²) in [5.74, 6) is 3.63. The lowest BCUT2D eigenvalue weighted by Crippen LogP contribution is -2.25. The molecule has 0 atom stereocenters. The van der Waals surface area contributed by atoms with E-state index in [1.54, 1.807) is 6.08 Å². The lowest BCUT2D eigenvalue weighted by Gasteiger charge is -2.37. The summed E-state index contributed by atoms with van der Waals surface area (Å²) in [6, 6.07) is 11.5. The zero-order chi connectivity index (χ0) is 20.3. The second kappa shape index (κ2) is 12.2. The van der Waals surface area contributed by atoms with Crippen molar-refractivity contribution >= 4 is 0 Å². The van der Waals surface area contributed by atoms with E-state index in [4.69, 9.17) is 5.26 Å². The molecule has 0 bridgehead atoms. The van der Waals surface area contributed by atoms with Gasteiger partial charge in [-0.05, 0) is 92.6 Å². The summed E-state index contributed by atoms with van der Waals surface area (Å²) in [7, 11) is 0. The molecule has 1 aromatic rings. The quantitative estimate of drug-likeness (QED) is 0.308. The molecule has 3 rings (SSSR count). The summed E-state index contributed by atoms with van der Waals surface area (Å²) in [5.41, 5.74) is 3.01. The number of hydrogen-bond acceptors (Lipinski definition) is 1. The normalized spacial score (nSPS) is 27.7. The summed E-state index contributed by atoms with van der Waals surface area (Å²) < 4.78 is 0. The monoisotopic (exact) mass is 391 g/mol. The Bertz CT molecular complexity index is 634. The summed E-state index contributed by atoms with van der Waals surface area (Å²) >= 11 is 0. The van der Waals surface area contributed by atoms with E-state index in [2.05, 4.69) is 43.3 Å². The first kappa shape index (κ1) is 22.1. The van der Waals surface area contributed by atoms with E-state index in [0.29, 0.717) is 5.92 Å². The molecular formula is C28H41N. The topological polar surface area (TPSA) is 23.8 Å². The van der Waals surface area contributed by atoms with Gasteiger partial charge in [0.05, 0.1) is 6.07 Å². The van der Waals surface area contributed by atoms with Gasteiger partial charge in [0.15, 0.2) is 0 Å². The summed E-state index contributed by atoms with van der Waals surface area (Å²) in [4.78, 5) is 0. The highest BCUT2D eigenvalue weighted by atomic mass is 14.4. The van der Waals surface area contributed by atoms with Crippen molar-refractivity contribution in [1.29, 1.82) is 5.26 Å². The van der Waals surface area contributed by atoms with E-state index in [0.717, 1.165) is 17.8 Å². The van der Waals surface area contributed by atoms with Gasteiger partial charge in [0, 0.05) is 6.08 Å². The molecule has 1 nitrogen and oxygen atoms in total. The highest BCUT2D eigenvalue weighted by Crippen LogP contribution is 2.42. The lowest BCUT2D eigenvalue weighted by molar-refractivity contribution is 0.151. The maximum Gasteiger partial charge on any atom is 0.0908 e. The second-order valence-corrected chi connectivity index (χ2v) is 9.76. The number of hydrogen-bond donors (Lipinski definition) is 0. The zero-order valence-electron chi connectivity index (χ0n) is 18.6. The fourth-order valence-electron chi connectivity index (χ4n) is 5.86. The molecule has 0 radical (unpaired) electrons. The minimum atomic E-state index is 0.671. The maximum absolute atomic E-state index is 8.70. The lowest BCUT2D eigenvalue weighted by atomic mass is 9.68. The van der Waals surface area contributed by atoms with Crippen LogP contribution in [0.4, 0.5) is 0 Å². The van der Waals surface area contributed by atoms with E-state index in [9.17, 15) is 0 Å². The fourth-order valence-corrected chi connectivity index (χ4v) is 5.86. The second-order valence-electron chi connectivity index (χ2n) is 9.76. The molecule has 0 aliphatic heterocycles. The number of unbranched alkanes of at least 4 members (excludes halogenated alkanes) is 1. The van der Waals surface area contributed by atoms with Crippen molar-refractivity contribution in [3.63, 3.8) is 0 Å². The summed E-state index contributed by atoms with van der Waals surface area (Å²) in [6.45, 7) is 2.25. The van der Waals surface area contributed by atoms with Crippen LogP contribution in [-0.2, 0) is 12.8 Å². The molecule has 29 heavy (non-hydrogen) atoms. The predicted octanol–water partition coefficient (Wildman–Crippen LogP) is 8.04. The van der Waals surface area contributed by atoms with Gasteiger partial charge in [-0.3, -0.25) is 0 Å². The van der Waals surface area contributed by atoms with Crippen LogP contribution in [0.1, 0.15) is 95.1 Å². The number of rotatable bonds is 9. The van der Waals surface area contributed by atoms with Crippen molar-refractivity contribution in [3.8, 4) is 6.07 Å². The molecule has 0 N–H and O–H groups in total. The van der Waals surface area contributed by atoms with E-state index in [1.807, 2.05) is 0 Å². The van der Waals surface area contributed by atoms with E-state index in [1.165, 1.54) is 101 Å². The minimum absolute atomic E-state index is 0.671. The Morgan fingerprint density at radius 1 is 0.828 bits per heavy atom. The largest absolute Gasteiger partial charge is 0.193 e. The van der Waals surface area contributed by atoms with Crippen LogP contribution >= 0.6 is 0 Å². The number of allylic oxidation sites excluding steroid dienone is 2. The van der Waals surface area contributed by atoms with Crippen LogP contribution in [-0.4, -0.2) is 0 Å². The summed E-state index contributed by atoms with van der Waals surface area (Å²) in [6.07, 6.45) is 23.1. The van der Waals surface area contributed by atoms with Crippen molar-refractivity contribution in [2.45, 2.75) is 96.8 Å². The molecule has 0 saturated heterocycles. The molecule has 2 saturated carbocycles. The Morgan fingerprint density at radius 2 is 1.41 bits per heavy atom. The number of nitriles is 1. The highest BCUT2D eigenvalue weighted by Gasteiger charge is 2.30. The maximum atomic E-state index is 8.70. The molecule has 0 heterocycles. The SMILES string of the molecule is CCCc1ccc(CCCCC2CCC(C3CCC(C=CC#N)CC3)CC2)cc1. The first-order valence-electron chi connectivity index (χ1n) is 12.4. The van der Waals surface area contributed by atoms with Crippen molar-refractivity contribution in [3.05, 3.63) is 47.5 Å². The molecule has 2 aliphatic carbocycles. The average molecular weight is 392 g/mol. The van der Waals surface area contributed by atoms with E-state index < -0.39 is 0 Å². The first-order valence-corrected chi connectivity index (χ1v) is 12.4. The van der Waals surface area contributed by atoms with Crippen molar-refractivity contribution in [2.24, 2.45) is 23.7 Å².